The van der Waals surface area contributed by atoms with E-state index in [2.05, 4.69) is 17.2 Å². The Morgan fingerprint density at radius 2 is 2.33 bits per heavy atom. The van der Waals surface area contributed by atoms with Gasteiger partial charge in [-0.25, -0.2) is 4.98 Å². The molecule has 21 heavy (non-hydrogen) atoms. The summed E-state index contributed by atoms with van der Waals surface area (Å²) < 4.78 is 6.40. The van der Waals surface area contributed by atoms with Gasteiger partial charge in [0.25, 0.3) is 0 Å². The highest BCUT2D eigenvalue weighted by Crippen LogP contribution is 2.43. The van der Waals surface area contributed by atoms with Crippen molar-refractivity contribution in [2.45, 2.75) is 49.9 Å². The smallest absolute Gasteiger partial charge is 0.327 e. The Labute approximate surface area is 135 Å². The number of esters is 1. The van der Waals surface area contributed by atoms with Crippen LogP contribution in [0.2, 0.25) is 0 Å². The fourth-order valence-corrected chi connectivity index (χ4v) is 4.50. The number of hydrogen-bond donors (Lipinski definition) is 1. The van der Waals surface area contributed by atoms with Crippen LogP contribution in [-0.4, -0.2) is 35.4 Å². The third-order valence-electron chi connectivity index (χ3n) is 3.63. The summed E-state index contributed by atoms with van der Waals surface area (Å²) >= 11 is 3.31. The molecule has 1 fully saturated rings. The first-order valence-corrected chi connectivity index (χ1v) is 9.46. The summed E-state index contributed by atoms with van der Waals surface area (Å²) in [5.74, 6) is 1.00. The lowest BCUT2D eigenvalue weighted by Crippen LogP contribution is -2.57. The largest absolute Gasteiger partial charge is 0.465 e. The lowest BCUT2D eigenvalue weighted by molar-refractivity contribution is -0.151. The molecular weight excluding hydrogens is 304 g/mol. The van der Waals surface area contributed by atoms with E-state index in [0.29, 0.717) is 18.3 Å². The molecule has 1 aliphatic carbocycles. The van der Waals surface area contributed by atoms with Crippen LogP contribution in [0.1, 0.15) is 38.8 Å². The molecule has 1 aromatic rings. The molecule has 1 N–H and O–H groups in total. The SMILES string of the molecule is CCCNC(CSc1nc(C)cs1)(C(=O)OCC)C1CC1. The van der Waals surface area contributed by atoms with Crippen LogP contribution in [0, 0.1) is 12.8 Å². The number of rotatable bonds is 9. The molecule has 118 valence electrons. The van der Waals surface area contributed by atoms with Crippen molar-refractivity contribution in [3.63, 3.8) is 0 Å². The number of aromatic nitrogens is 1. The van der Waals surface area contributed by atoms with E-state index in [1.165, 1.54) is 0 Å². The maximum Gasteiger partial charge on any atom is 0.327 e. The molecule has 1 atom stereocenters. The van der Waals surface area contributed by atoms with E-state index in [4.69, 9.17) is 4.74 Å². The van der Waals surface area contributed by atoms with Gasteiger partial charge in [0, 0.05) is 16.8 Å². The molecule has 0 amide bonds. The van der Waals surface area contributed by atoms with Crippen LogP contribution >= 0.6 is 23.1 Å². The van der Waals surface area contributed by atoms with Crippen LogP contribution in [0.25, 0.3) is 0 Å². The monoisotopic (exact) mass is 328 g/mol. The third kappa shape index (κ3) is 4.20. The van der Waals surface area contributed by atoms with Crippen molar-refractivity contribution in [2.75, 3.05) is 18.9 Å². The van der Waals surface area contributed by atoms with Gasteiger partial charge in [-0.3, -0.25) is 4.79 Å². The fourth-order valence-electron chi connectivity index (χ4n) is 2.37. The first-order valence-electron chi connectivity index (χ1n) is 7.59. The van der Waals surface area contributed by atoms with Crippen molar-refractivity contribution in [1.82, 2.24) is 10.3 Å². The molecule has 1 aromatic heterocycles. The second kappa shape index (κ2) is 7.61. The minimum absolute atomic E-state index is 0.0956. The second-order valence-electron chi connectivity index (χ2n) is 5.44. The number of thioether (sulfide) groups is 1. The van der Waals surface area contributed by atoms with E-state index in [1.807, 2.05) is 19.2 Å². The minimum atomic E-state index is -0.545. The van der Waals surface area contributed by atoms with Crippen LogP contribution < -0.4 is 5.32 Å². The normalized spacial score (nSPS) is 17.5. The number of hydrogen-bond acceptors (Lipinski definition) is 6. The quantitative estimate of drug-likeness (QED) is 0.557. The summed E-state index contributed by atoms with van der Waals surface area (Å²) in [6.07, 6.45) is 3.22. The van der Waals surface area contributed by atoms with Gasteiger partial charge >= 0.3 is 5.97 Å². The van der Waals surface area contributed by atoms with Gasteiger partial charge in [-0.05, 0) is 45.6 Å². The summed E-state index contributed by atoms with van der Waals surface area (Å²) in [6.45, 7) is 7.25. The van der Waals surface area contributed by atoms with Crippen molar-refractivity contribution < 1.29 is 9.53 Å². The number of thiazole rings is 1. The maximum absolute atomic E-state index is 12.6. The summed E-state index contributed by atoms with van der Waals surface area (Å²) in [6, 6.07) is 0. The van der Waals surface area contributed by atoms with E-state index < -0.39 is 5.54 Å². The molecule has 6 heteroatoms. The van der Waals surface area contributed by atoms with E-state index in [-0.39, 0.29) is 5.97 Å². The predicted molar refractivity (Wildman–Crippen MR) is 88.0 cm³/mol. The van der Waals surface area contributed by atoms with Crippen molar-refractivity contribution in [2.24, 2.45) is 5.92 Å². The first kappa shape index (κ1) is 16.8. The molecule has 4 nitrogen and oxygen atoms in total. The summed E-state index contributed by atoms with van der Waals surface area (Å²) in [5.41, 5.74) is 0.494. The van der Waals surface area contributed by atoms with Crippen molar-refractivity contribution >= 4 is 29.1 Å². The molecule has 0 spiro atoms. The molecule has 0 aliphatic heterocycles. The number of nitrogens with zero attached hydrogens (tertiary/aromatic N) is 1. The van der Waals surface area contributed by atoms with Crippen molar-refractivity contribution in [1.29, 1.82) is 0 Å². The Kier molecular flexibility index (Phi) is 6.08. The van der Waals surface area contributed by atoms with Gasteiger partial charge in [0.05, 0.1) is 6.61 Å². The van der Waals surface area contributed by atoms with Gasteiger partial charge in [0.1, 0.15) is 9.88 Å². The molecule has 0 radical (unpaired) electrons. The summed E-state index contributed by atoms with van der Waals surface area (Å²) in [5, 5.41) is 5.53. The summed E-state index contributed by atoms with van der Waals surface area (Å²) in [7, 11) is 0. The highest BCUT2D eigenvalue weighted by atomic mass is 32.2. The van der Waals surface area contributed by atoms with Gasteiger partial charge in [-0.1, -0.05) is 18.7 Å². The first-order chi connectivity index (χ1) is 10.1. The Hall–Kier alpha value is -0.590. The minimum Gasteiger partial charge on any atom is -0.465 e. The van der Waals surface area contributed by atoms with E-state index in [1.54, 1.807) is 23.1 Å². The zero-order valence-electron chi connectivity index (χ0n) is 13.0. The van der Waals surface area contributed by atoms with Crippen LogP contribution in [-0.2, 0) is 9.53 Å². The zero-order valence-corrected chi connectivity index (χ0v) is 14.6. The van der Waals surface area contributed by atoms with Crippen LogP contribution in [0.15, 0.2) is 9.72 Å². The van der Waals surface area contributed by atoms with E-state index in [9.17, 15) is 4.79 Å². The van der Waals surface area contributed by atoms with Gasteiger partial charge in [-0.15, -0.1) is 11.3 Å². The molecule has 1 heterocycles. The predicted octanol–water partition coefficient (Wildman–Crippen LogP) is 3.26. The number of ether oxygens (including phenoxy) is 1. The number of aryl methyl sites for hydroxylation is 1. The molecule has 0 aromatic carbocycles. The highest BCUT2D eigenvalue weighted by molar-refractivity contribution is 8.01. The standard InChI is InChI=1S/C15H24N2O2S2/c1-4-8-16-15(12-6-7-12,13(18)19-5-2)10-21-14-17-11(3)9-20-14/h9,12,16H,4-8,10H2,1-3H3. The average molecular weight is 329 g/mol. The molecule has 2 rings (SSSR count). The number of carbonyl (C=O) groups is 1. The summed E-state index contributed by atoms with van der Waals surface area (Å²) in [4.78, 5) is 17.0. The Morgan fingerprint density at radius 1 is 1.57 bits per heavy atom. The number of nitrogens with one attached hydrogen (secondary N) is 1. The Bertz CT molecular complexity index is 474. The zero-order chi connectivity index (χ0) is 15.3. The van der Waals surface area contributed by atoms with Crippen molar-refractivity contribution in [3.05, 3.63) is 11.1 Å². The molecule has 0 saturated heterocycles. The van der Waals surface area contributed by atoms with Crippen LogP contribution in [0.4, 0.5) is 0 Å². The second-order valence-corrected chi connectivity index (χ2v) is 7.52. The lowest BCUT2D eigenvalue weighted by Gasteiger charge is -2.32. The topological polar surface area (TPSA) is 51.2 Å². The fraction of sp³-hybridized carbons (Fsp3) is 0.733. The Morgan fingerprint density at radius 3 is 2.86 bits per heavy atom. The average Bonchev–Trinajstić information content (AvgIpc) is 3.23. The number of carbonyl (C=O) groups excluding carboxylic acids is 1. The molecule has 1 aliphatic rings. The van der Waals surface area contributed by atoms with E-state index in [0.717, 1.165) is 35.8 Å². The molecule has 1 saturated carbocycles. The highest BCUT2D eigenvalue weighted by Gasteiger charge is 2.51. The van der Waals surface area contributed by atoms with Crippen molar-refractivity contribution in [3.8, 4) is 0 Å². The molecule has 1 unspecified atom stereocenters. The third-order valence-corrected chi connectivity index (χ3v) is 5.96. The van der Waals surface area contributed by atoms with Gasteiger partial charge in [0.2, 0.25) is 0 Å². The maximum atomic E-state index is 12.6. The van der Waals surface area contributed by atoms with E-state index >= 15 is 0 Å². The lowest BCUT2D eigenvalue weighted by atomic mass is 9.95. The van der Waals surface area contributed by atoms with Gasteiger partial charge in [0.15, 0.2) is 0 Å². The van der Waals surface area contributed by atoms with Crippen LogP contribution in [0.5, 0.6) is 0 Å². The molecular formula is C15H24N2O2S2. The van der Waals surface area contributed by atoms with Crippen LogP contribution in [0.3, 0.4) is 0 Å². The molecule has 0 bridgehead atoms. The van der Waals surface area contributed by atoms with Gasteiger partial charge < -0.3 is 10.1 Å². The Balaban J connectivity index is 2.10. The van der Waals surface area contributed by atoms with Gasteiger partial charge in [-0.2, -0.15) is 0 Å².